The lowest BCUT2D eigenvalue weighted by atomic mass is 9.99. The number of amides is 4. The van der Waals surface area contributed by atoms with E-state index in [4.69, 9.17) is 0 Å². The van der Waals surface area contributed by atoms with Crippen LogP contribution in [-0.4, -0.2) is 60.1 Å². The number of para-hydroxylation sites is 1. The molecule has 0 bridgehead atoms. The van der Waals surface area contributed by atoms with Crippen LogP contribution in [0.4, 0.5) is 0 Å². The summed E-state index contributed by atoms with van der Waals surface area (Å²) in [5, 5.41) is 11.4. The summed E-state index contributed by atoms with van der Waals surface area (Å²) in [5.74, 6) is -1.79. The van der Waals surface area contributed by atoms with E-state index in [2.05, 4.69) is 26.3 Å². The third-order valence-corrected chi connectivity index (χ3v) is 6.07. The lowest BCUT2D eigenvalue weighted by molar-refractivity contribution is -0.128. The summed E-state index contributed by atoms with van der Waals surface area (Å²) in [6, 6.07) is 7.67. The first-order valence-corrected chi connectivity index (χ1v) is 11.1. The average molecular weight is 453 g/mol. The van der Waals surface area contributed by atoms with Crippen molar-refractivity contribution in [2.24, 2.45) is 11.8 Å². The molecule has 33 heavy (non-hydrogen) atoms. The van der Waals surface area contributed by atoms with Crippen LogP contribution in [0.1, 0.15) is 36.2 Å². The van der Waals surface area contributed by atoms with Gasteiger partial charge in [-0.1, -0.05) is 18.2 Å². The van der Waals surface area contributed by atoms with Crippen molar-refractivity contribution >= 4 is 40.8 Å². The normalized spacial score (nSPS) is 19.4. The third kappa shape index (κ3) is 5.57. The molecule has 0 radical (unpaired) electrons. The van der Waals surface area contributed by atoms with E-state index in [1.165, 1.54) is 0 Å². The van der Waals surface area contributed by atoms with Crippen molar-refractivity contribution < 1.29 is 24.0 Å². The van der Waals surface area contributed by atoms with Gasteiger partial charge in [0.15, 0.2) is 0 Å². The topological polar surface area (TPSA) is 149 Å². The van der Waals surface area contributed by atoms with Gasteiger partial charge in [0.1, 0.15) is 18.0 Å². The summed E-state index contributed by atoms with van der Waals surface area (Å²) in [4.78, 5) is 63.7. The van der Waals surface area contributed by atoms with Crippen LogP contribution in [0.2, 0.25) is 0 Å². The number of H-pyrrole nitrogens is 1. The first kappa shape index (κ1) is 22.5. The van der Waals surface area contributed by atoms with Crippen LogP contribution < -0.4 is 21.3 Å². The molecule has 1 aliphatic carbocycles. The Morgan fingerprint density at radius 3 is 2.58 bits per heavy atom. The van der Waals surface area contributed by atoms with E-state index in [1.54, 1.807) is 6.07 Å². The van der Waals surface area contributed by atoms with Crippen LogP contribution in [0.25, 0.3) is 10.9 Å². The molecule has 174 valence electrons. The number of nitrogens with one attached hydrogen (secondary N) is 5. The van der Waals surface area contributed by atoms with Crippen LogP contribution in [0.15, 0.2) is 30.3 Å². The standard InChI is InChI=1S/C23H27N5O5/c29-12-16(9-15-7-8-24-21(15)31)26-19(30)11-25-23(33)20(13-5-6-13)28-22(32)18-10-14-3-1-2-4-17(14)27-18/h1-4,10,12-13,15-16,20,27H,5-9,11H2,(H,24,31)(H,25,33)(H,26,30)(H,28,32). The zero-order valence-corrected chi connectivity index (χ0v) is 18.1. The highest BCUT2D eigenvalue weighted by Gasteiger charge is 2.37. The number of carbonyl (C=O) groups excluding carboxylic acids is 5. The molecule has 4 rings (SSSR count). The van der Waals surface area contributed by atoms with Gasteiger partial charge in [-0.05, 0) is 43.7 Å². The summed E-state index contributed by atoms with van der Waals surface area (Å²) in [7, 11) is 0. The van der Waals surface area contributed by atoms with Gasteiger partial charge >= 0.3 is 0 Å². The summed E-state index contributed by atoms with van der Waals surface area (Å²) in [6.07, 6.45) is 3.07. The van der Waals surface area contributed by atoms with Crippen molar-refractivity contribution in [3.8, 4) is 0 Å². The third-order valence-electron chi connectivity index (χ3n) is 6.07. The Hall–Kier alpha value is -3.69. The van der Waals surface area contributed by atoms with Crippen LogP contribution in [-0.2, 0) is 19.2 Å². The minimum Gasteiger partial charge on any atom is -0.356 e. The minimum absolute atomic E-state index is 0.0185. The molecule has 0 spiro atoms. The van der Waals surface area contributed by atoms with Gasteiger partial charge in [0.25, 0.3) is 5.91 Å². The van der Waals surface area contributed by atoms with Gasteiger partial charge in [-0.3, -0.25) is 19.2 Å². The van der Waals surface area contributed by atoms with Crippen molar-refractivity contribution in [3.05, 3.63) is 36.0 Å². The first-order valence-electron chi connectivity index (χ1n) is 11.1. The Balaban J connectivity index is 1.29. The highest BCUT2D eigenvalue weighted by Crippen LogP contribution is 2.33. The molecule has 3 unspecified atom stereocenters. The Morgan fingerprint density at radius 1 is 1.12 bits per heavy atom. The number of hydrogen-bond acceptors (Lipinski definition) is 5. The number of hydrogen-bond donors (Lipinski definition) is 5. The highest BCUT2D eigenvalue weighted by molar-refractivity contribution is 6.00. The van der Waals surface area contributed by atoms with E-state index in [9.17, 15) is 24.0 Å². The molecule has 1 saturated heterocycles. The summed E-state index contributed by atoms with van der Waals surface area (Å²) in [5.41, 5.74) is 1.18. The lowest BCUT2D eigenvalue weighted by Crippen LogP contribution is -2.51. The monoisotopic (exact) mass is 453 g/mol. The fraction of sp³-hybridized carbons (Fsp3) is 0.435. The SMILES string of the molecule is O=CC(CC1CCNC1=O)NC(=O)CNC(=O)C(NC(=O)c1cc2ccccc2[nH]1)C1CC1. The molecule has 1 aromatic carbocycles. The van der Waals surface area contributed by atoms with E-state index >= 15 is 0 Å². The molecule has 1 saturated carbocycles. The second-order valence-electron chi connectivity index (χ2n) is 8.60. The van der Waals surface area contributed by atoms with Crippen molar-refractivity contribution in [2.45, 2.75) is 37.8 Å². The van der Waals surface area contributed by atoms with Gasteiger partial charge < -0.3 is 31.0 Å². The van der Waals surface area contributed by atoms with Gasteiger partial charge in [0.05, 0.1) is 12.6 Å². The maximum Gasteiger partial charge on any atom is 0.268 e. The molecule has 2 aromatic rings. The first-order chi connectivity index (χ1) is 15.9. The summed E-state index contributed by atoms with van der Waals surface area (Å²) >= 11 is 0. The Labute approximate surface area is 190 Å². The number of rotatable bonds is 10. The van der Waals surface area contributed by atoms with Gasteiger partial charge in [0, 0.05) is 23.4 Å². The molecule has 1 aromatic heterocycles. The minimum atomic E-state index is -0.802. The van der Waals surface area contributed by atoms with E-state index in [0.29, 0.717) is 24.9 Å². The van der Waals surface area contributed by atoms with Gasteiger partial charge in [-0.15, -0.1) is 0 Å². The fourth-order valence-corrected chi connectivity index (χ4v) is 4.10. The van der Waals surface area contributed by atoms with Crippen LogP contribution in [0, 0.1) is 11.8 Å². The molecule has 10 heteroatoms. The molecular formula is C23H27N5O5. The van der Waals surface area contributed by atoms with Crippen LogP contribution in [0.5, 0.6) is 0 Å². The predicted octanol–water partition coefficient (Wildman–Crippen LogP) is 0.00240. The van der Waals surface area contributed by atoms with E-state index in [1.807, 2.05) is 24.3 Å². The van der Waals surface area contributed by atoms with Crippen molar-refractivity contribution in [1.82, 2.24) is 26.3 Å². The number of aldehydes is 1. The average Bonchev–Trinajstić information content (AvgIpc) is 3.43. The molecule has 4 amide bonds. The number of aromatic nitrogens is 1. The van der Waals surface area contributed by atoms with Gasteiger partial charge in [-0.25, -0.2) is 0 Å². The van der Waals surface area contributed by atoms with Crippen molar-refractivity contribution in [1.29, 1.82) is 0 Å². The number of benzene rings is 1. The predicted molar refractivity (Wildman–Crippen MR) is 119 cm³/mol. The molecule has 1 aliphatic heterocycles. The number of fused-ring (bicyclic) bond motifs is 1. The highest BCUT2D eigenvalue weighted by atomic mass is 16.2. The van der Waals surface area contributed by atoms with Crippen LogP contribution >= 0.6 is 0 Å². The van der Waals surface area contributed by atoms with E-state index < -0.39 is 29.8 Å². The zero-order chi connectivity index (χ0) is 23.4. The van der Waals surface area contributed by atoms with Crippen molar-refractivity contribution in [2.75, 3.05) is 13.1 Å². The molecular weight excluding hydrogens is 426 g/mol. The van der Waals surface area contributed by atoms with Crippen LogP contribution in [0.3, 0.4) is 0 Å². The Kier molecular flexibility index (Phi) is 6.71. The largest absolute Gasteiger partial charge is 0.356 e. The van der Waals surface area contributed by atoms with Gasteiger partial charge in [-0.2, -0.15) is 0 Å². The summed E-state index contributed by atoms with van der Waals surface area (Å²) < 4.78 is 0. The molecule has 2 fully saturated rings. The molecule has 5 N–H and O–H groups in total. The quantitative estimate of drug-likeness (QED) is 0.321. The smallest absolute Gasteiger partial charge is 0.268 e. The maximum atomic E-state index is 12.7. The Bertz CT molecular complexity index is 1040. The number of carbonyl (C=O) groups is 5. The Morgan fingerprint density at radius 2 is 1.91 bits per heavy atom. The second kappa shape index (κ2) is 9.85. The zero-order valence-electron chi connectivity index (χ0n) is 18.1. The van der Waals surface area contributed by atoms with Crippen molar-refractivity contribution in [3.63, 3.8) is 0 Å². The fourth-order valence-electron chi connectivity index (χ4n) is 4.10. The number of aromatic amines is 1. The molecule has 2 heterocycles. The second-order valence-corrected chi connectivity index (χ2v) is 8.60. The van der Waals surface area contributed by atoms with Gasteiger partial charge in [0.2, 0.25) is 17.7 Å². The van der Waals surface area contributed by atoms with E-state index in [0.717, 1.165) is 23.7 Å². The van der Waals surface area contributed by atoms with E-state index in [-0.39, 0.29) is 30.7 Å². The molecule has 2 aliphatic rings. The molecule has 10 nitrogen and oxygen atoms in total. The summed E-state index contributed by atoms with van der Waals surface area (Å²) in [6.45, 7) is 0.234. The lowest BCUT2D eigenvalue weighted by Gasteiger charge is -2.19. The maximum absolute atomic E-state index is 12.7. The molecule has 3 atom stereocenters.